The number of anilines is 2. The third-order valence-electron chi connectivity index (χ3n) is 4.81. The number of nitrogens with zero attached hydrogens (tertiary/aromatic N) is 3. The molecule has 1 saturated heterocycles. The van der Waals surface area contributed by atoms with Gasteiger partial charge in [-0.25, -0.2) is 23.5 Å². The third-order valence-corrected chi connectivity index (χ3v) is 5.15. The number of methoxy groups -OCH3 is 1. The Bertz CT molecular complexity index is 1210. The smallest absolute Gasteiger partial charge is 0.415 e. The summed E-state index contributed by atoms with van der Waals surface area (Å²) in [6, 6.07) is 5.00. The Morgan fingerprint density at radius 3 is 2.67 bits per heavy atom. The van der Waals surface area contributed by atoms with Crippen molar-refractivity contribution in [3.05, 3.63) is 47.2 Å². The molecule has 3 aromatic rings. The van der Waals surface area contributed by atoms with Crippen molar-refractivity contribution in [1.82, 2.24) is 14.9 Å². The van der Waals surface area contributed by atoms with Gasteiger partial charge >= 0.3 is 12.7 Å². The Kier molecular flexibility index (Phi) is 6.38. The van der Waals surface area contributed by atoms with E-state index in [0.717, 1.165) is 12.1 Å². The van der Waals surface area contributed by atoms with Crippen molar-refractivity contribution in [2.75, 3.05) is 25.5 Å². The van der Waals surface area contributed by atoms with Gasteiger partial charge in [0.25, 0.3) is 0 Å². The summed E-state index contributed by atoms with van der Waals surface area (Å²) in [6.45, 7) is -3.04. The summed E-state index contributed by atoms with van der Waals surface area (Å²) in [5, 5.41) is 2.35. The number of aromatic nitrogens is 2. The van der Waals surface area contributed by atoms with Crippen molar-refractivity contribution in [3.8, 4) is 11.5 Å². The molecule has 2 aromatic carbocycles. The standard InChI is InChI=1S/C20H15ClF4N4O4/c1-31-14-5-13-10(4-15(14)33-20(30)29-6-9(7-29)32-19(24)25)18(27-8-26-13)28-12-3-2-11(22)16(21)17(12)23/h2-5,8-9,19H,6-7H2,1H3,(H,26,27,28). The zero-order valence-corrected chi connectivity index (χ0v) is 17.6. The number of likely N-dealkylation sites (tertiary alicyclic amines) is 1. The molecule has 0 unspecified atom stereocenters. The monoisotopic (exact) mass is 486 g/mol. The minimum Gasteiger partial charge on any atom is -0.493 e. The molecular formula is C20H15ClF4N4O4. The minimum absolute atomic E-state index is 0.0105. The second-order valence-corrected chi connectivity index (χ2v) is 7.26. The van der Waals surface area contributed by atoms with Crippen LogP contribution in [0.4, 0.5) is 33.9 Å². The summed E-state index contributed by atoms with van der Waals surface area (Å²) in [5.41, 5.74) is 0.230. The summed E-state index contributed by atoms with van der Waals surface area (Å²) < 4.78 is 67.2. The average Bonchev–Trinajstić information content (AvgIpc) is 2.76. The Labute approximate surface area is 189 Å². The highest BCUT2D eigenvalue weighted by Gasteiger charge is 2.35. The Morgan fingerprint density at radius 1 is 1.21 bits per heavy atom. The summed E-state index contributed by atoms with van der Waals surface area (Å²) in [5.74, 6) is -1.66. The molecule has 0 spiro atoms. The van der Waals surface area contributed by atoms with Crippen molar-refractivity contribution >= 4 is 40.1 Å². The molecule has 1 aliphatic heterocycles. The van der Waals surface area contributed by atoms with E-state index in [1.54, 1.807) is 0 Å². The molecule has 0 atom stereocenters. The van der Waals surface area contributed by atoms with E-state index in [4.69, 9.17) is 21.1 Å². The van der Waals surface area contributed by atoms with E-state index in [-0.39, 0.29) is 36.1 Å². The number of hydrogen-bond donors (Lipinski definition) is 1. The highest BCUT2D eigenvalue weighted by atomic mass is 35.5. The van der Waals surface area contributed by atoms with Gasteiger partial charge in [-0.1, -0.05) is 11.6 Å². The van der Waals surface area contributed by atoms with Crippen LogP contribution < -0.4 is 14.8 Å². The molecule has 1 aromatic heterocycles. The molecule has 4 rings (SSSR count). The molecule has 0 saturated carbocycles. The van der Waals surface area contributed by atoms with Gasteiger partial charge < -0.3 is 24.4 Å². The van der Waals surface area contributed by atoms with Crippen molar-refractivity contribution in [3.63, 3.8) is 0 Å². The van der Waals surface area contributed by atoms with Crippen LogP contribution in [0.2, 0.25) is 5.02 Å². The summed E-state index contributed by atoms with van der Waals surface area (Å²) >= 11 is 5.62. The number of carbonyl (C=O) groups is 1. The van der Waals surface area contributed by atoms with E-state index in [1.165, 1.54) is 30.5 Å². The maximum atomic E-state index is 14.3. The van der Waals surface area contributed by atoms with Gasteiger partial charge in [-0.3, -0.25) is 0 Å². The zero-order valence-electron chi connectivity index (χ0n) is 16.8. The molecule has 0 radical (unpaired) electrons. The normalized spacial score (nSPS) is 13.8. The fraction of sp³-hybridized carbons (Fsp3) is 0.250. The molecule has 8 nitrogen and oxygen atoms in total. The van der Waals surface area contributed by atoms with E-state index >= 15 is 0 Å². The first-order valence-corrected chi connectivity index (χ1v) is 9.78. The van der Waals surface area contributed by atoms with Crippen molar-refractivity contribution in [2.24, 2.45) is 0 Å². The second-order valence-electron chi connectivity index (χ2n) is 6.88. The van der Waals surface area contributed by atoms with Crippen LogP contribution in [0.3, 0.4) is 0 Å². The number of fused-ring (bicyclic) bond motifs is 1. The lowest BCUT2D eigenvalue weighted by Gasteiger charge is -2.37. The van der Waals surface area contributed by atoms with Gasteiger partial charge in [0, 0.05) is 11.5 Å². The molecule has 13 heteroatoms. The SMILES string of the molecule is COc1cc2ncnc(Nc3ccc(F)c(Cl)c3F)c2cc1OC(=O)N1CC(OC(F)F)C1. The van der Waals surface area contributed by atoms with Crippen LogP contribution in [0.5, 0.6) is 11.5 Å². The largest absolute Gasteiger partial charge is 0.493 e. The topological polar surface area (TPSA) is 85.8 Å². The zero-order chi connectivity index (χ0) is 23.7. The van der Waals surface area contributed by atoms with Crippen LogP contribution in [0.25, 0.3) is 10.9 Å². The van der Waals surface area contributed by atoms with Gasteiger partial charge in [-0.2, -0.15) is 8.78 Å². The van der Waals surface area contributed by atoms with Crippen LogP contribution in [0.15, 0.2) is 30.6 Å². The lowest BCUT2D eigenvalue weighted by Crippen LogP contribution is -2.56. The first-order valence-electron chi connectivity index (χ1n) is 9.40. The van der Waals surface area contributed by atoms with Crippen LogP contribution in [-0.4, -0.2) is 53.9 Å². The number of halogens is 5. The number of hydrogen-bond acceptors (Lipinski definition) is 7. The van der Waals surface area contributed by atoms with Gasteiger partial charge in [0.2, 0.25) is 0 Å². The second kappa shape index (κ2) is 9.24. The van der Waals surface area contributed by atoms with Gasteiger partial charge in [-0.15, -0.1) is 0 Å². The number of nitrogens with one attached hydrogen (secondary N) is 1. The molecule has 2 heterocycles. The van der Waals surface area contributed by atoms with Crippen LogP contribution in [0.1, 0.15) is 0 Å². The number of ether oxygens (including phenoxy) is 3. The summed E-state index contributed by atoms with van der Waals surface area (Å²) in [4.78, 5) is 21.7. The minimum atomic E-state index is -2.93. The first kappa shape index (κ1) is 22.8. The van der Waals surface area contributed by atoms with Crippen molar-refractivity contribution in [1.29, 1.82) is 0 Å². The molecule has 174 valence electrons. The van der Waals surface area contributed by atoms with Gasteiger partial charge in [0.1, 0.15) is 23.0 Å². The first-order chi connectivity index (χ1) is 15.8. The number of benzene rings is 2. The number of alkyl halides is 2. The third kappa shape index (κ3) is 4.71. The maximum Gasteiger partial charge on any atom is 0.415 e. The Balaban J connectivity index is 1.61. The molecule has 1 aliphatic rings. The predicted octanol–water partition coefficient (Wildman–Crippen LogP) is 4.74. The van der Waals surface area contributed by atoms with Gasteiger partial charge in [-0.05, 0) is 18.2 Å². The lowest BCUT2D eigenvalue weighted by atomic mass is 10.2. The molecule has 1 amide bonds. The van der Waals surface area contributed by atoms with Crippen molar-refractivity contribution in [2.45, 2.75) is 12.7 Å². The highest BCUT2D eigenvalue weighted by Crippen LogP contribution is 2.36. The van der Waals surface area contributed by atoms with Crippen molar-refractivity contribution < 1.29 is 36.6 Å². The number of amides is 1. The lowest BCUT2D eigenvalue weighted by molar-refractivity contribution is -0.190. The molecule has 1 fully saturated rings. The number of carbonyl (C=O) groups excluding carboxylic acids is 1. The molecule has 33 heavy (non-hydrogen) atoms. The highest BCUT2D eigenvalue weighted by molar-refractivity contribution is 6.31. The van der Waals surface area contributed by atoms with E-state index < -0.39 is 35.5 Å². The molecule has 0 aliphatic carbocycles. The molecular weight excluding hydrogens is 472 g/mol. The van der Waals surface area contributed by atoms with E-state index in [9.17, 15) is 22.4 Å². The van der Waals surface area contributed by atoms with E-state index in [0.29, 0.717) is 10.9 Å². The number of rotatable bonds is 6. The quantitative estimate of drug-likeness (QED) is 0.398. The Hall–Kier alpha value is -3.38. The average molecular weight is 487 g/mol. The molecule has 0 bridgehead atoms. The fourth-order valence-electron chi connectivity index (χ4n) is 3.13. The van der Waals surface area contributed by atoms with E-state index in [2.05, 4.69) is 20.0 Å². The summed E-state index contributed by atoms with van der Waals surface area (Å²) in [7, 11) is 1.35. The van der Waals surface area contributed by atoms with Crippen LogP contribution in [-0.2, 0) is 4.74 Å². The maximum absolute atomic E-state index is 14.3. The Morgan fingerprint density at radius 2 is 1.97 bits per heavy atom. The van der Waals surface area contributed by atoms with Gasteiger partial charge in [0.05, 0.1) is 37.5 Å². The van der Waals surface area contributed by atoms with Crippen LogP contribution >= 0.6 is 11.6 Å². The fourth-order valence-corrected chi connectivity index (χ4v) is 3.30. The van der Waals surface area contributed by atoms with Gasteiger partial charge in [0.15, 0.2) is 17.3 Å². The summed E-state index contributed by atoms with van der Waals surface area (Å²) in [6.07, 6.45) is -0.371. The van der Waals surface area contributed by atoms with Crippen LogP contribution in [0, 0.1) is 11.6 Å². The van der Waals surface area contributed by atoms with E-state index in [1.807, 2.05) is 0 Å². The predicted molar refractivity (Wildman–Crippen MR) is 109 cm³/mol. The molecule has 1 N–H and O–H groups in total.